The summed E-state index contributed by atoms with van der Waals surface area (Å²) in [6, 6.07) is 15.5. The molecular weight excluding hydrogens is 360 g/mol. The number of para-hydroxylation sites is 2. The van der Waals surface area contributed by atoms with E-state index in [0.29, 0.717) is 16.8 Å². The van der Waals surface area contributed by atoms with Crippen molar-refractivity contribution in [3.63, 3.8) is 0 Å². The van der Waals surface area contributed by atoms with Gasteiger partial charge in [-0.05, 0) is 35.7 Å². The largest absolute Gasteiger partial charge is 0.495 e. The summed E-state index contributed by atoms with van der Waals surface area (Å²) < 4.78 is 7.20. The zero-order valence-electron chi connectivity index (χ0n) is 15.5. The van der Waals surface area contributed by atoms with Gasteiger partial charge in [0, 0.05) is 5.69 Å². The van der Waals surface area contributed by atoms with Crippen LogP contribution >= 0.6 is 11.8 Å². The summed E-state index contributed by atoms with van der Waals surface area (Å²) in [6.45, 7) is 4.28. The van der Waals surface area contributed by atoms with Gasteiger partial charge in [0.25, 0.3) is 0 Å². The lowest BCUT2D eigenvalue weighted by atomic mass is 10.0. The van der Waals surface area contributed by atoms with Crippen LogP contribution < -0.4 is 10.1 Å². The van der Waals surface area contributed by atoms with E-state index in [1.54, 1.807) is 13.4 Å². The molecule has 0 saturated carbocycles. The number of methoxy groups -OCH3 is 1. The smallest absolute Gasteiger partial charge is 0.234 e. The van der Waals surface area contributed by atoms with E-state index < -0.39 is 0 Å². The number of aromatic nitrogens is 3. The predicted octanol–water partition coefficient (Wildman–Crippen LogP) is 4.13. The van der Waals surface area contributed by atoms with Crippen molar-refractivity contribution in [2.75, 3.05) is 18.2 Å². The number of nitrogens with one attached hydrogen (secondary N) is 1. The van der Waals surface area contributed by atoms with Gasteiger partial charge in [-0.15, -0.1) is 10.2 Å². The van der Waals surface area contributed by atoms with Crippen molar-refractivity contribution in [1.82, 2.24) is 14.8 Å². The Morgan fingerprint density at radius 2 is 1.93 bits per heavy atom. The number of carbonyl (C=O) groups is 1. The fraction of sp³-hybridized carbons (Fsp3) is 0.250. The first-order chi connectivity index (χ1) is 13.1. The number of hydrogen-bond acceptors (Lipinski definition) is 5. The van der Waals surface area contributed by atoms with Gasteiger partial charge in [-0.25, -0.2) is 0 Å². The van der Waals surface area contributed by atoms with Crippen LogP contribution in [0.1, 0.15) is 25.3 Å². The van der Waals surface area contributed by atoms with E-state index in [4.69, 9.17) is 4.74 Å². The van der Waals surface area contributed by atoms with E-state index in [9.17, 15) is 4.79 Å². The second-order valence-corrected chi connectivity index (χ2v) is 7.21. The van der Waals surface area contributed by atoms with Crippen molar-refractivity contribution in [1.29, 1.82) is 0 Å². The molecule has 3 aromatic rings. The summed E-state index contributed by atoms with van der Waals surface area (Å²) in [7, 11) is 1.62. The number of hydrogen-bond donors (Lipinski definition) is 1. The van der Waals surface area contributed by atoms with Gasteiger partial charge in [0.1, 0.15) is 12.1 Å². The first-order valence-electron chi connectivity index (χ1n) is 8.64. The highest BCUT2D eigenvalue weighted by atomic mass is 32.2. The number of rotatable bonds is 7. The number of carbonyl (C=O) groups excluding carboxylic acids is 1. The van der Waals surface area contributed by atoms with Crippen LogP contribution in [0.15, 0.2) is 60.0 Å². The van der Waals surface area contributed by atoms with Gasteiger partial charge in [-0.1, -0.05) is 49.9 Å². The molecule has 1 N–H and O–H groups in total. The maximum absolute atomic E-state index is 12.3. The average Bonchev–Trinajstić information content (AvgIpc) is 3.15. The summed E-state index contributed by atoms with van der Waals surface area (Å²) in [5.74, 6) is 1.33. The highest BCUT2D eigenvalue weighted by Crippen LogP contribution is 2.26. The normalized spacial score (nSPS) is 10.8. The van der Waals surface area contributed by atoms with Crippen LogP contribution in [0.2, 0.25) is 0 Å². The average molecular weight is 382 g/mol. The van der Waals surface area contributed by atoms with Crippen molar-refractivity contribution >= 4 is 23.4 Å². The summed E-state index contributed by atoms with van der Waals surface area (Å²) in [5.41, 5.74) is 2.86. The Kier molecular flexibility index (Phi) is 6.13. The van der Waals surface area contributed by atoms with Crippen molar-refractivity contribution in [2.24, 2.45) is 0 Å². The van der Waals surface area contributed by atoms with Crippen molar-refractivity contribution in [3.05, 3.63) is 60.4 Å². The molecule has 0 saturated heterocycles. The molecule has 0 bridgehead atoms. The third-order valence-corrected chi connectivity index (χ3v) is 5.00. The number of amides is 1. The Morgan fingerprint density at radius 1 is 1.19 bits per heavy atom. The lowest BCUT2D eigenvalue weighted by Gasteiger charge is -2.11. The lowest BCUT2D eigenvalue weighted by molar-refractivity contribution is -0.113. The van der Waals surface area contributed by atoms with Gasteiger partial charge < -0.3 is 10.1 Å². The van der Waals surface area contributed by atoms with Crippen LogP contribution in [-0.4, -0.2) is 33.5 Å². The quantitative estimate of drug-likeness (QED) is 0.622. The monoisotopic (exact) mass is 382 g/mol. The van der Waals surface area contributed by atoms with Gasteiger partial charge in [0.2, 0.25) is 5.91 Å². The third kappa shape index (κ3) is 4.68. The van der Waals surface area contributed by atoms with Crippen LogP contribution in [-0.2, 0) is 4.79 Å². The van der Waals surface area contributed by atoms with Gasteiger partial charge in [-0.3, -0.25) is 9.36 Å². The molecule has 140 valence electrons. The zero-order chi connectivity index (χ0) is 19.2. The molecule has 0 aliphatic rings. The summed E-state index contributed by atoms with van der Waals surface area (Å²) in [5, 5.41) is 11.6. The Morgan fingerprint density at radius 3 is 2.63 bits per heavy atom. The molecule has 0 atom stereocenters. The topological polar surface area (TPSA) is 69.0 Å². The SMILES string of the molecule is COc1ccccc1-n1cnnc1SCC(=O)Nc1ccc(C(C)C)cc1. The summed E-state index contributed by atoms with van der Waals surface area (Å²) >= 11 is 1.32. The van der Waals surface area contributed by atoms with Crippen molar-refractivity contribution in [3.8, 4) is 11.4 Å². The Hall–Kier alpha value is -2.80. The highest BCUT2D eigenvalue weighted by molar-refractivity contribution is 7.99. The van der Waals surface area contributed by atoms with Crippen LogP contribution in [0.25, 0.3) is 5.69 Å². The minimum atomic E-state index is -0.0909. The molecule has 2 aromatic carbocycles. The Balaban J connectivity index is 1.64. The predicted molar refractivity (Wildman–Crippen MR) is 108 cm³/mol. The molecule has 0 aliphatic carbocycles. The molecule has 1 amide bonds. The molecule has 0 aliphatic heterocycles. The fourth-order valence-corrected chi connectivity index (χ4v) is 3.32. The molecule has 6 nitrogen and oxygen atoms in total. The molecule has 0 radical (unpaired) electrons. The molecule has 0 unspecified atom stereocenters. The minimum Gasteiger partial charge on any atom is -0.495 e. The van der Waals surface area contributed by atoms with Crippen molar-refractivity contribution in [2.45, 2.75) is 24.9 Å². The second kappa shape index (κ2) is 8.73. The number of anilines is 1. The lowest BCUT2D eigenvalue weighted by Crippen LogP contribution is -2.14. The molecule has 7 heteroatoms. The molecule has 0 spiro atoms. The molecular formula is C20H22N4O2S. The molecule has 1 aromatic heterocycles. The van der Waals surface area contributed by atoms with E-state index in [0.717, 1.165) is 11.4 Å². The van der Waals surface area contributed by atoms with Crippen LogP contribution in [0.5, 0.6) is 5.75 Å². The number of nitrogens with zero attached hydrogens (tertiary/aromatic N) is 3. The van der Waals surface area contributed by atoms with Gasteiger partial charge in [0.15, 0.2) is 5.16 Å². The highest BCUT2D eigenvalue weighted by Gasteiger charge is 2.13. The van der Waals surface area contributed by atoms with E-state index >= 15 is 0 Å². The summed E-state index contributed by atoms with van der Waals surface area (Å²) in [4.78, 5) is 12.3. The van der Waals surface area contributed by atoms with E-state index in [1.807, 2.05) is 53.1 Å². The Bertz CT molecular complexity index is 906. The number of thioether (sulfide) groups is 1. The molecule has 0 fully saturated rings. The summed E-state index contributed by atoms with van der Waals surface area (Å²) in [6.07, 6.45) is 1.61. The van der Waals surface area contributed by atoms with Crippen LogP contribution in [0.4, 0.5) is 5.69 Å². The molecule has 1 heterocycles. The second-order valence-electron chi connectivity index (χ2n) is 6.27. The Labute approximate surface area is 163 Å². The van der Waals surface area contributed by atoms with E-state index in [1.165, 1.54) is 17.3 Å². The van der Waals surface area contributed by atoms with Crippen LogP contribution in [0.3, 0.4) is 0 Å². The standard InChI is InChI=1S/C20H22N4O2S/c1-14(2)15-8-10-16(11-9-15)22-19(25)12-27-20-23-21-13-24(20)17-6-4-5-7-18(17)26-3/h4-11,13-14H,12H2,1-3H3,(H,22,25). The fourth-order valence-electron chi connectivity index (χ4n) is 2.60. The van der Waals surface area contributed by atoms with Gasteiger partial charge in [0.05, 0.1) is 18.6 Å². The van der Waals surface area contributed by atoms with Gasteiger partial charge in [-0.2, -0.15) is 0 Å². The van der Waals surface area contributed by atoms with E-state index in [2.05, 4.69) is 29.4 Å². The minimum absolute atomic E-state index is 0.0909. The third-order valence-electron chi connectivity index (χ3n) is 4.05. The molecule has 27 heavy (non-hydrogen) atoms. The van der Waals surface area contributed by atoms with E-state index in [-0.39, 0.29) is 11.7 Å². The maximum atomic E-state index is 12.3. The zero-order valence-corrected chi connectivity index (χ0v) is 16.4. The maximum Gasteiger partial charge on any atom is 0.234 e. The van der Waals surface area contributed by atoms with Crippen molar-refractivity contribution < 1.29 is 9.53 Å². The first-order valence-corrected chi connectivity index (χ1v) is 9.63. The first kappa shape index (κ1) is 19.0. The van der Waals surface area contributed by atoms with Gasteiger partial charge >= 0.3 is 0 Å². The number of benzene rings is 2. The van der Waals surface area contributed by atoms with Crippen LogP contribution in [0, 0.1) is 0 Å². The molecule has 3 rings (SSSR count). The number of ether oxygens (including phenoxy) is 1.